The molecule has 0 spiro atoms. The summed E-state index contributed by atoms with van der Waals surface area (Å²) in [5, 5.41) is 18.3. The molecule has 11 heteroatoms. The van der Waals surface area contributed by atoms with Crippen molar-refractivity contribution in [3.8, 4) is 0 Å². The Labute approximate surface area is 341 Å². The topological polar surface area (TPSA) is 149 Å². The average molecular weight is 813 g/mol. The van der Waals surface area contributed by atoms with Crippen LogP contribution in [0, 0.1) is 0 Å². The SMILES string of the molecule is CCCC/C=C\C/C=C\C/C=C\C/C=C\CCCCCC(=O)OC[C@H](COP(=O)(O)OC[C@@H](O)CO)OC(=O)CCCCCCCCCCCCCCCCC. The molecule has 3 atom stereocenters. The van der Waals surface area contributed by atoms with E-state index in [0.717, 1.165) is 64.2 Å². The third kappa shape index (κ3) is 40.1. The van der Waals surface area contributed by atoms with Crippen LogP contribution in [0.5, 0.6) is 0 Å². The zero-order chi connectivity index (χ0) is 41.2. The summed E-state index contributed by atoms with van der Waals surface area (Å²) >= 11 is 0. The maximum atomic E-state index is 12.6. The first kappa shape index (κ1) is 53.9. The van der Waals surface area contributed by atoms with Crippen molar-refractivity contribution in [3.05, 3.63) is 48.6 Å². The average Bonchev–Trinajstić information content (AvgIpc) is 3.19. The van der Waals surface area contributed by atoms with Gasteiger partial charge in [-0.3, -0.25) is 18.6 Å². The molecule has 0 amide bonds. The van der Waals surface area contributed by atoms with Gasteiger partial charge in [0.05, 0.1) is 19.8 Å². The smallest absolute Gasteiger partial charge is 0.462 e. The molecule has 0 aromatic carbocycles. The van der Waals surface area contributed by atoms with E-state index in [1.54, 1.807) is 0 Å². The molecule has 0 aliphatic rings. The zero-order valence-electron chi connectivity index (χ0n) is 35.3. The monoisotopic (exact) mass is 813 g/mol. The van der Waals surface area contributed by atoms with Gasteiger partial charge in [0.25, 0.3) is 0 Å². The van der Waals surface area contributed by atoms with Gasteiger partial charge in [0, 0.05) is 12.8 Å². The Balaban J connectivity index is 4.34. The molecule has 0 aromatic rings. The Bertz CT molecular complexity index is 1070. The summed E-state index contributed by atoms with van der Waals surface area (Å²) in [4.78, 5) is 35.0. The van der Waals surface area contributed by atoms with Crippen LogP contribution >= 0.6 is 7.82 Å². The van der Waals surface area contributed by atoms with E-state index < -0.39 is 51.8 Å². The molecule has 0 saturated carbocycles. The standard InChI is InChI=1S/C45H81O10P/c1-3-5-7-9-11-13-15-17-19-20-21-23-24-26-28-30-32-34-36-44(48)52-40-43(41-54-56(50,51)53-39-42(47)38-46)55-45(49)37-35-33-31-29-27-25-22-18-16-14-12-10-8-6-4-2/h9,11,15,17,20-21,24,26,42-43,46-47H,3-8,10,12-14,16,18-19,22-23,25,27-41H2,1-2H3,(H,50,51)/b11-9-,17-15-,21-20-,26-24-/t42-,43+/m0/s1. The highest BCUT2D eigenvalue weighted by molar-refractivity contribution is 7.47. The highest BCUT2D eigenvalue weighted by Crippen LogP contribution is 2.43. The number of phosphoric ester groups is 1. The fourth-order valence-electron chi connectivity index (χ4n) is 5.79. The summed E-state index contributed by atoms with van der Waals surface area (Å²) in [6.45, 7) is 2.31. The quantitative estimate of drug-likeness (QED) is 0.0236. The Morgan fingerprint density at radius 1 is 0.536 bits per heavy atom. The Morgan fingerprint density at radius 3 is 1.45 bits per heavy atom. The van der Waals surface area contributed by atoms with Gasteiger partial charge in [-0.1, -0.05) is 172 Å². The number of esters is 2. The molecule has 0 bridgehead atoms. The Kier molecular flexibility index (Phi) is 39.6. The van der Waals surface area contributed by atoms with Crippen molar-refractivity contribution in [2.24, 2.45) is 0 Å². The second-order valence-corrected chi connectivity index (χ2v) is 16.2. The Morgan fingerprint density at radius 2 is 0.946 bits per heavy atom. The number of ether oxygens (including phenoxy) is 2. The second-order valence-electron chi connectivity index (χ2n) is 14.7. The lowest BCUT2D eigenvalue weighted by Crippen LogP contribution is -2.29. The second kappa shape index (κ2) is 41.1. The lowest BCUT2D eigenvalue weighted by molar-refractivity contribution is -0.161. The molecule has 0 heterocycles. The van der Waals surface area contributed by atoms with Crippen molar-refractivity contribution in [1.82, 2.24) is 0 Å². The molecule has 0 aromatic heterocycles. The van der Waals surface area contributed by atoms with Gasteiger partial charge in [-0.15, -0.1) is 0 Å². The van der Waals surface area contributed by atoms with Crippen molar-refractivity contribution < 1.29 is 47.8 Å². The van der Waals surface area contributed by atoms with Gasteiger partial charge in [0.15, 0.2) is 6.10 Å². The van der Waals surface area contributed by atoms with Gasteiger partial charge >= 0.3 is 19.8 Å². The highest BCUT2D eigenvalue weighted by atomic mass is 31.2. The van der Waals surface area contributed by atoms with Crippen molar-refractivity contribution >= 4 is 19.8 Å². The number of aliphatic hydroxyl groups excluding tert-OH is 2. The summed E-state index contributed by atoms with van der Waals surface area (Å²) in [6.07, 6.45) is 43.6. The molecule has 0 aliphatic carbocycles. The molecule has 0 radical (unpaired) electrons. The van der Waals surface area contributed by atoms with Gasteiger partial charge < -0.3 is 24.6 Å². The summed E-state index contributed by atoms with van der Waals surface area (Å²) in [5.41, 5.74) is 0. The number of aliphatic hydroxyl groups is 2. The van der Waals surface area contributed by atoms with Crippen LogP contribution in [0.4, 0.5) is 0 Å². The number of hydrogen-bond donors (Lipinski definition) is 3. The third-order valence-corrected chi connectivity index (χ3v) is 10.2. The van der Waals surface area contributed by atoms with Gasteiger partial charge in [0.2, 0.25) is 0 Å². The molecule has 1 unspecified atom stereocenters. The van der Waals surface area contributed by atoms with Crippen molar-refractivity contribution in [3.63, 3.8) is 0 Å². The summed E-state index contributed by atoms with van der Waals surface area (Å²) in [6, 6.07) is 0. The fraction of sp³-hybridized carbons (Fsp3) is 0.778. The number of carbonyl (C=O) groups excluding carboxylic acids is 2. The zero-order valence-corrected chi connectivity index (χ0v) is 36.2. The highest BCUT2D eigenvalue weighted by Gasteiger charge is 2.27. The number of allylic oxidation sites excluding steroid dienone is 8. The van der Waals surface area contributed by atoms with Gasteiger partial charge in [0.1, 0.15) is 12.7 Å². The molecule has 0 fully saturated rings. The molecule has 0 aliphatic heterocycles. The third-order valence-electron chi connectivity index (χ3n) is 9.24. The summed E-state index contributed by atoms with van der Waals surface area (Å²) < 4.78 is 32.7. The van der Waals surface area contributed by atoms with E-state index >= 15 is 0 Å². The van der Waals surface area contributed by atoms with Crippen LogP contribution in [0.3, 0.4) is 0 Å². The van der Waals surface area contributed by atoms with Crippen LogP contribution in [-0.2, 0) is 32.7 Å². The van der Waals surface area contributed by atoms with E-state index in [4.69, 9.17) is 19.1 Å². The maximum absolute atomic E-state index is 12.6. The molecule has 10 nitrogen and oxygen atoms in total. The number of rotatable bonds is 41. The van der Waals surface area contributed by atoms with Crippen LogP contribution in [0.2, 0.25) is 0 Å². The van der Waals surface area contributed by atoms with E-state index in [0.29, 0.717) is 12.8 Å². The molecule has 0 rings (SSSR count). The minimum Gasteiger partial charge on any atom is -0.462 e. The number of unbranched alkanes of at least 4 members (excludes halogenated alkanes) is 19. The van der Waals surface area contributed by atoms with E-state index in [2.05, 4.69) is 67.0 Å². The maximum Gasteiger partial charge on any atom is 0.472 e. The summed E-state index contributed by atoms with van der Waals surface area (Å²) in [5.74, 6) is -0.958. The van der Waals surface area contributed by atoms with E-state index in [9.17, 15) is 24.2 Å². The van der Waals surface area contributed by atoms with Crippen LogP contribution < -0.4 is 0 Å². The fourth-order valence-corrected chi connectivity index (χ4v) is 6.58. The lowest BCUT2D eigenvalue weighted by Gasteiger charge is -2.20. The lowest BCUT2D eigenvalue weighted by atomic mass is 10.0. The van der Waals surface area contributed by atoms with E-state index in [1.807, 2.05) is 0 Å². The molecule has 56 heavy (non-hydrogen) atoms. The van der Waals surface area contributed by atoms with E-state index in [-0.39, 0.29) is 19.4 Å². The first-order valence-electron chi connectivity index (χ1n) is 22.1. The molecule has 3 N–H and O–H groups in total. The predicted molar refractivity (Wildman–Crippen MR) is 228 cm³/mol. The molecular formula is C45H81O10P. The first-order valence-corrected chi connectivity index (χ1v) is 23.6. The summed E-state index contributed by atoms with van der Waals surface area (Å²) in [7, 11) is -4.62. The molecule has 326 valence electrons. The van der Waals surface area contributed by atoms with Crippen LogP contribution in [0.1, 0.15) is 187 Å². The van der Waals surface area contributed by atoms with Crippen molar-refractivity contribution in [2.75, 3.05) is 26.4 Å². The predicted octanol–water partition coefficient (Wildman–Crippen LogP) is 11.7. The van der Waals surface area contributed by atoms with Crippen molar-refractivity contribution in [2.45, 2.75) is 199 Å². The minimum absolute atomic E-state index is 0.179. The minimum atomic E-state index is -4.62. The van der Waals surface area contributed by atoms with E-state index in [1.165, 1.54) is 83.5 Å². The van der Waals surface area contributed by atoms with Crippen LogP contribution in [0.15, 0.2) is 48.6 Å². The number of carbonyl (C=O) groups is 2. The molecule has 0 saturated heterocycles. The van der Waals surface area contributed by atoms with Gasteiger partial charge in [-0.2, -0.15) is 0 Å². The Hall–Kier alpha value is -2.07. The number of phosphoric acid groups is 1. The number of hydrogen-bond acceptors (Lipinski definition) is 9. The molecular weight excluding hydrogens is 731 g/mol. The van der Waals surface area contributed by atoms with Gasteiger partial charge in [-0.25, -0.2) is 4.57 Å². The van der Waals surface area contributed by atoms with Crippen LogP contribution in [0.25, 0.3) is 0 Å². The van der Waals surface area contributed by atoms with Crippen LogP contribution in [-0.4, -0.2) is 65.7 Å². The van der Waals surface area contributed by atoms with Gasteiger partial charge in [-0.05, 0) is 51.4 Å². The van der Waals surface area contributed by atoms with Crippen molar-refractivity contribution in [1.29, 1.82) is 0 Å². The first-order chi connectivity index (χ1) is 27.2. The normalized spacial score (nSPS) is 14.3. The largest absolute Gasteiger partial charge is 0.472 e.